The van der Waals surface area contributed by atoms with Gasteiger partial charge < -0.3 is 4.98 Å². The molecule has 5 heteroatoms. The fourth-order valence-corrected chi connectivity index (χ4v) is 0.801. The van der Waals surface area contributed by atoms with Gasteiger partial charge in [0, 0.05) is 0 Å². The molecule has 0 amide bonds. The van der Waals surface area contributed by atoms with Crippen LogP contribution in [0.1, 0.15) is 23.7 Å². The van der Waals surface area contributed by atoms with Gasteiger partial charge in [0.1, 0.15) is 17.5 Å². The fourth-order valence-electron chi connectivity index (χ4n) is 0.690. The van der Waals surface area contributed by atoms with Crippen molar-refractivity contribution < 1.29 is 0 Å². The van der Waals surface area contributed by atoms with Gasteiger partial charge in [-0.3, -0.25) is 4.79 Å². The molecule has 4 nitrogen and oxygen atoms in total. The van der Waals surface area contributed by atoms with Gasteiger partial charge in [-0.05, 0) is 6.92 Å². The predicted octanol–water partition coefficient (Wildman–Crippen LogP) is 0.941. The van der Waals surface area contributed by atoms with E-state index in [9.17, 15) is 4.79 Å². The maximum Gasteiger partial charge on any atom is 0.268 e. The second-order valence-corrected chi connectivity index (χ2v) is 2.89. The van der Waals surface area contributed by atoms with Crippen LogP contribution in [0.15, 0.2) is 11.0 Å². The van der Waals surface area contributed by atoms with Gasteiger partial charge in [-0.25, -0.2) is 4.98 Å². The number of halogens is 1. The maximum atomic E-state index is 11.0. The Balaban J connectivity index is 3.22. The van der Waals surface area contributed by atoms with Crippen LogP contribution < -0.4 is 5.56 Å². The summed E-state index contributed by atoms with van der Waals surface area (Å²) in [5.74, 6) is 0.376. The van der Waals surface area contributed by atoms with E-state index >= 15 is 0 Å². The zero-order valence-electron chi connectivity index (χ0n) is 6.34. The van der Waals surface area contributed by atoms with E-state index in [1.54, 1.807) is 13.0 Å². The van der Waals surface area contributed by atoms with E-state index in [1.165, 1.54) is 6.20 Å². The minimum Gasteiger partial charge on any atom is -0.308 e. The molecule has 1 atom stereocenters. The summed E-state index contributed by atoms with van der Waals surface area (Å²) in [4.78, 5) is 17.2. The van der Waals surface area contributed by atoms with Crippen LogP contribution in [0.4, 0.5) is 0 Å². The Labute approximate surface area is 73.8 Å². The zero-order chi connectivity index (χ0) is 9.14. The third-order valence-corrected chi connectivity index (χ3v) is 1.52. The molecular weight excluding hydrogens is 178 g/mol. The van der Waals surface area contributed by atoms with E-state index in [4.69, 9.17) is 16.9 Å². The first-order chi connectivity index (χ1) is 5.65. The van der Waals surface area contributed by atoms with Crippen LogP contribution in [0.2, 0.25) is 0 Å². The third kappa shape index (κ3) is 1.63. The molecule has 12 heavy (non-hydrogen) atoms. The Kier molecular flexibility index (Phi) is 2.46. The standard InChI is InChI=1S/C7H6ClN3O/c1-4(8)6-10-3-5(2-9)7(12)11-6/h3-4H,1H3,(H,10,11,12). The summed E-state index contributed by atoms with van der Waals surface area (Å²) in [5, 5.41) is 8.05. The number of H-pyrrole nitrogens is 1. The molecule has 0 aliphatic heterocycles. The molecule has 1 rings (SSSR count). The second-order valence-electron chi connectivity index (χ2n) is 2.24. The second kappa shape index (κ2) is 3.37. The largest absolute Gasteiger partial charge is 0.308 e. The van der Waals surface area contributed by atoms with E-state index in [0.29, 0.717) is 5.82 Å². The van der Waals surface area contributed by atoms with E-state index in [1.807, 2.05) is 0 Å². The molecule has 1 aromatic heterocycles. The summed E-state index contributed by atoms with van der Waals surface area (Å²) in [6.45, 7) is 1.69. The first-order valence-corrected chi connectivity index (χ1v) is 3.72. The maximum absolute atomic E-state index is 11.0. The highest BCUT2D eigenvalue weighted by Gasteiger charge is 2.05. The SMILES string of the molecule is CC(Cl)c1ncc(C#N)c(=O)[nH]1. The number of alkyl halides is 1. The summed E-state index contributed by atoms with van der Waals surface area (Å²) in [5.41, 5.74) is -0.453. The predicted molar refractivity (Wildman–Crippen MR) is 43.8 cm³/mol. The molecule has 1 aromatic rings. The summed E-state index contributed by atoms with van der Waals surface area (Å²) in [6.07, 6.45) is 1.22. The summed E-state index contributed by atoms with van der Waals surface area (Å²) in [6, 6.07) is 1.71. The Morgan fingerprint density at radius 2 is 2.50 bits per heavy atom. The lowest BCUT2D eigenvalue weighted by Gasteiger charge is -1.99. The average Bonchev–Trinajstić information content (AvgIpc) is 2.04. The topological polar surface area (TPSA) is 69.5 Å². The fraction of sp³-hybridized carbons (Fsp3) is 0.286. The highest BCUT2D eigenvalue weighted by atomic mass is 35.5. The average molecular weight is 184 g/mol. The van der Waals surface area contributed by atoms with Gasteiger partial charge in [-0.1, -0.05) is 0 Å². The highest BCUT2D eigenvalue weighted by Crippen LogP contribution is 2.11. The Bertz CT molecular complexity index is 377. The van der Waals surface area contributed by atoms with Crippen LogP contribution in [0, 0.1) is 11.3 Å². The van der Waals surface area contributed by atoms with Gasteiger partial charge in [0.2, 0.25) is 0 Å². The smallest absolute Gasteiger partial charge is 0.268 e. The molecule has 0 aliphatic rings. The summed E-state index contributed by atoms with van der Waals surface area (Å²) in [7, 11) is 0. The van der Waals surface area contributed by atoms with Crippen molar-refractivity contribution in [1.29, 1.82) is 5.26 Å². The van der Waals surface area contributed by atoms with Crippen molar-refractivity contribution in [1.82, 2.24) is 9.97 Å². The lowest BCUT2D eigenvalue weighted by Crippen LogP contribution is -2.14. The Morgan fingerprint density at radius 1 is 1.83 bits per heavy atom. The van der Waals surface area contributed by atoms with Gasteiger partial charge in [0.15, 0.2) is 0 Å². The van der Waals surface area contributed by atoms with E-state index in [-0.39, 0.29) is 10.9 Å². The molecule has 0 fully saturated rings. The lowest BCUT2D eigenvalue weighted by atomic mass is 10.3. The molecule has 0 saturated heterocycles. The summed E-state index contributed by atoms with van der Waals surface area (Å²) < 4.78 is 0. The normalized spacial score (nSPS) is 12.1. The van der Waals surface area contributed by atoms with E-state index in [0.717, 1.165) is 0 Å². The molecule has 0 saturated carbocycles. The quantitative estimate of drug-likeness (QED) is 0.659. The molecule has 1 heterocycles. The zero-order valence-corrected chi connectivity index (χ0v) is 7.09. The first kappa shape index (κ1) is 8.75. The third-order valence-electron chi connectivity index (χ3n) is 1.32. The van der Waals surface area contributed by atoms with Crippen molar-refractivity contribution in [2.45, 2.75) is 12.3 Å². The molecule has 0 bridgehead atoms. The molecular formula is C7H6ClN3O. The number of nitrogens with zero attached hydrogens (tertiary/aromatic N) is 2. The van der Waals surface area contributed by atoms with Crippen LogP contribution in [-0.2, 0) is 0 Å². The molecule has 0 spiro atoms. The van der Waals surface area contributed by atoms with Crippen LogP contribution in [0.25, 0.3) is 0 Å². The number of aromatic amines is 1. The molecule has 0 radical (unpaired) electrons. The number of aromatic nitrogens is 2. The number of rotatable bonds is 1. The summed E-state index contributed by atoms with van der Waals surface area (Å²) >= 11 is 5.66. The Morgan fingerprint density at radius 3 is 2.92 bits per heavy atom. The van der Waals surface area contributed by atoms with Crippen LogP contribution in [0.3, 0.4) is 0 Å². The number of nitrogens with one attached hydrogen (secondary N) is 1. The van der Waals surface area contributed by atoms with Crippen LogP contribution in [-0.4, -0.2) is 9.97 Å². The lowest BCUT2D eigenvalue weighted by molar-refractivity contribution is 0.889. The van der Waals surface area contributed by atoms with Gasteiger partial charge in [-0.15, -0.1) is 11.6 Å². The van der Waals surface area contributed by atoms with Gasteiger partial charge in [0.25, 0.3) is 5.56 Å². The van der Waals surface area contributed by atoms with E-state index < -0.39 is 5.56 Å². The van der Waals surface area contributed by atoms with Gasteiger partial charge >= 0.3 is 0 Å². The van der Waals surface area contributed by atoms with E-state index in [2.05, 4.69) is 9.97 Å². The highest BCUT2D eigenvalue weighted by molar-refractivity contribution is 6.20. The molecule has 1 N–H and O–H groups in total. The van der Waals surface area contributed by atoms with Gasteiger partial charge in [-0.2, -0.15) is 5.26 Å². The molecule has 0 aliphatic carbocycles. The minimum absolute atomic E-state index is 0.00364. The van der Waals surface area contributed by atoms with Crippen molar-refractivity contribution in [2.24, 2.45) is 0 Å². The van der Waals surface area contributed by atoms with Crippen LogP contribution >= 0.6 is 11.6 Å². The monoisotopic (exact) mass is 183 g/mol. The van der Waals surface area contributed by atoms with Crippen molar-refractivity contribution in [3.8, 4) is 6.07 Å². The number of nitriles is 1. The van der Waals surface area contributed by atoms with Crippen molar-refractivity contribution >= 4 is 11.6 Å². The molecule has 62 valence electrons. The van der Waals surface area contributed by atoms with Crippen molar-refractivity contribution in [3.05, 3.63) is 27.9 Å². The number of hydrogen-bond donors (Lipinski definition) is 1. The van der Waals surface area contributed by atoms with Crippen LogP contribution in [0.5, 0.6) is 0 Å². The molecule has 1 unspecified atom stereocenters. The molecule has 0 aromatic carbocycles. The number of hydrogen-bond acceptors (Lipinski definition) is 3. The van der Waals surface area contributed by atoms with Crippen molar-refractivity contribution in [3.63, 3.8) is 0 Å². The first-order valence-electron chi connectivity index (χ1n) is 3.28. The minimum atomic E-state index is -0.449. The van der Waals surface area contributed by atoms with Gasteiger partial charge in [0.05, 0.1) is 11.6 Å². The van der Waals surface area contributed by atoms with Crippen molar-refractivity contribution in [2.75, 3.05) is 0 Å². The Hall–Kier alpha value is -1.34.